The van der Waals surface area contributed by atoms with Crippen molar-refractivity contribution >= 4 is 22.4 Å². The Morgan fingerprint density at radius 1 is 1.38 bits per heavy atom. The van der Waals surface area contributed by atoms with Crippen molar-refractivity contribution in [3.8, 4) is 0 Å². The SMILES string of the molecule is CCCN(CC)c1cccc(NS(C)=O)c1. The molecule has 16 heavy (non-hydrogen) atoms. The van der Waals surface area contributed by atoms with Crippen LogP contribution in [-0.4, -0.2) is 23.6 Å². The summed E-state index contributed by atoms with van der Waals surface area (Å²) >= 11 is 0. The minimum absolute atomic E-state index is 0.910. The third-order valence-corrected chi connectivity index (χ3v) is 2.87. The second-order valence-corrected chi connectivity index (χ2v) is 4.80. The van der Waals surface area contributed by atoms with Gasteiger partial charge in [0.25, 0.3) is 0 Å². The molecule has 1 unspecified atom stereocenters. The fourth-order valence-electron chi connectivity index (χ4n) is 1.67. The summed E-state index contributed by atoms with van der Waals surface area (Å²) in [5.74, 6) is 0. The monoisotopic (exact) mass is 240 g/mol. The minimum atomic E-state index is -1.01. The van der Waals surface area contributed by atoms with Crippen LogP contribution in [0, 0.1) is 0 Å². The molecule has 0 spiro atoms. The molecule has 4 heteroatoms. The topological polar surface area (TPSA) is 32.3 Å². The molecule has 1 aromatic carbocycles. The van der Waals surface area contributed by atoms with Crippen molar-refractivity contribution in [1.29, 1.82) is 0 Å². The van der Waals surface area contributed by atoms with Crippen molar-refractivity contribution in [3.05, 3.63) is 24.3 Å². The Hall–Kier alpha value is -1.03. The first-order valence-corrected chi connectivity index (χ1v) is 7.18. The van der Waals surface area contributed by atoms with E-state index in [0.717, 1.165) is 25.2 Å². The number of anilines is 2. The maximum absolute atomic E-state index is 11.1. The highest BCUT2D eigenvalue weighted by Gasteiger charge is 2.03. The molecule has 0 aliphatic heterocycles. The second kappa shape index (κ2) is 6.53. The van der Waals surface area contributed by atoms with Gasteiger partial charge in [-0.3, -0.25) is 0 Å². The number of nitrogens with zero attached hydrogens (tertiary/aromatic N) is 1. The molecule has 0 radical (unpaired) electrons. The van der Waals surface area contributed by atoms with Crippen LogP contribution in [0.3, 0.4) is 0 Å². The Morgan fingerprint density at radius 2 is 2.12 bits per heavy atom. The summed E-state index contributed by atoms with van der Waals surface area (Å²) in [4.78, 5) is 2.31. The second-order valence-electron chi connectivity index (χ2n) is 3.69. The van der Waals surface area contributed by atoms with Crippen molar-refractivity contribution in [2.45, 2.75) is 20.3 Å². The molecule has 90 valence electrons. The molecule has 0 aliphatic rings. The molecule has 1 N–H and O–H groups in total. The summed E-state index contributed by atoms with van der Waals surface area (Å²) in [6, 6.07) is 8.05. The van der Waals surface area contributed by atoms with Crippen LogP contribution in [0.2, 0.25) is 0 Å². The maximum Gasteiger partial charge on any atom is 0.113 e. The summed E-state index contributed by atoms with van der Waals surface area (Å²) in [7, 11) is -1.01. The molecule has 1 atom stereocenters. The first-order chi connectivity index (χ1) is 7.67. The van der Waals surface area contributed by atoms with E-state index in [-0.39, 0.29) is 0 Å². The Bertz CT molecular complexity index is 355. The van der Waals surface area contributed by atoms with Gasteiger partial charge >= 0.3 is 0 Å². The lowest BCUT2D eigenvalue weighted by Gasteiger charge is -2.22. The smallest absolute Gasteiger partial charge is 0.113 e. The van der Waals surface area contributed by atoms with E-state index < -0.39 is 11.0 Å². The fraction of sp³-hybridized carbons (Fsp3) is 0.500. The van der Waals surface area contributed by atoms with E-state index in [1.165, 1.54) is 5.69 Å². The van der Waals surface area contributed by atoms with Crippen LogP contribution in [0.1, 0.15) is 20.3 Å². The third-order valence-electron chi connectivity index (χ3n) is 2.35. The van der Waals surface area contributed by atoms with Gasteiger partial charge in [-0.2, -0.15) is 0 Å². The van der Waals surface area contributed by atoms with E-state index in [1.54, 1.807) is 6.26 Å². The average molecular weight is 240 g/mol. The van der Waals surface area contributed by atoms with Crippen LogP contribution in [0.25, 0.3) is 0 Å². The summed E-state index contributed by atoms with van der Waals surface area (Å²) < 4.78 is 14.0. The molecular formula is C12H20N2OS. The molecular weight excluding hydrogens is 220 g/mol. The van der Waals surface area contributed by atoms with Gasteiger partial charge in [0.1, 0.15) is 11.0 Å². The van der Waals surface area contributed by atoms with Crippen LogP contribution in [0.5, 0.6) is 0 Å². The zero-order valence-electron chi connectivity index (χ0n) is 10.2. The molecule has 0 fully saturated rings. The molecule has 0 saturated heterocycles. The largest absolute Gasteiger partial charge is 0.372 e. The van der Waals surface area contributed by atoms with E-state index in [1.807, 2.05) is 18.2 Å². The first kappa shape index (κ1) is 13.0. The standard InChI is InChI=1S/C12H20N2OS/c1-4-9-14(5-2)12-8-6-7-11(10-12)13-16(3)15/h6-8,10,13H,4-5,9H2,1-3H3. The summed E-state index contributed by atoms with van der Waals surface area (Å²) in [5.41, 5.74) is 2.09. The highest BCUT2D eigenvalue weighted by molar-refractivity contribution is 7.85. The van der Waals surface area contributed by atoms with Crippen LogP contribution in [0.15, 0.2) is 24.3 Å². The zero-order chi connectivity index (χ0) is 12.0. The van der Waals surface area contributed by atoms with E-state index >= 15 is 0 Å². The summed E-state index contributed by atoms with van der Waals surface area (Å²) in [6.07, 6.45) is 2.77. The Kier molecular flexibility index (Phi) is 5.32. The Morgan fingerprint density at radius 3 is 2.69 bits per heavy atom. The van der Waals surface area contributed by atoms with Crippen LogP contribution in [-0.2, 0) is 11.0 Å². The zero-order valence-corrected chi connectivity index (χ0v) is 11.0. The summed E-state index contributed by atoms with van der Waals surface area (Å²) in [5, 5.41) is 0. The number of hydrogen-bond donors (Lipinski definition) is 1. The van der Waals surface area contributed by atoms with E-state index in [4.69, 9.17) is 0 Å². The van der Waals surface area contributed by atoms with Crippen LogP contribution >= 0.6 is 0 Å². The van der Waals surface area contributed by atoms with Gasteiger partial charge in [0, 0.05) is 30.7 Å². The van der Waals surface area contributed by atoms with Crippen LogP contribution < -0.4 is 9.62 Å². The van der Waals surface area contributed by atoms with Crippen molar-refractivity contribution < 1.29 is 4.21 Å². The Balaban J connectivity index is 2.83. The summed E-state index contributed by atoms with van der Waals surface area (Å²) in [6.45, 7) is 6.36. The normalized spacial score (nSPS) is 12.2. The lowest BCUT2D eigenvalue weighted by Crippen LogP contribution is -2.23. The highest BCUT2D eigenvalue weighted by Crippen LogP contribution is 2.19. The molecule has 0 aliphatic carbocycles. The van der Waals surface area contributed by atoms with Gasteiger partial charge in [-0.1, -0.05) is 13.0 Å². The third kappa shape index (κ3) is 3.85. The quantitative estimate of drug-likeness (QED) is 0.829. The predicted octanol–water partition coefficient (Wildman–Crippen LogP) is 2.63. The fourth-order valence-corrected chi connectivity index (χ4v) is 2.13. The van der Waals surface area contributed by atoms with E-state index in [9.17, 15) is 4.21 Å². The van der Waals surface area contributed by atoms with Gasteiger partial charge in [-0.05, 0) is 31.5 Å². The minimum Gasteiger partial charge on any atom is -0.372 e. The van der Waals surface area contributed by atoms with Crippen molar-refractivity contribution in [1.82, 2.24) is 0 Å². The van der Waals surface area contributed by atoms with Gasteiger partial charge < -0.3 is 9.62 Å². The molecule has 0 heterocycles. The van der Waals surface area contributed by atoms with Crippen molar-refractivity contribution in [2.24, 2.45) is 0 Å². The molecule has 1 aromatic rings. The molecule has 0 amide bonds. The molecule has 0 aromatic heterocycles. The lowest BCUT2D eigenvalue weighted by molar-refractivity contribution is 0.690. The number of rotatable bonds is 6. The molecule has 0 saturated carbocycles. The van der Waals surface area contributed by atoms with Gasteiger partial charge in [0.2, 0.25) is 0 Å². The van der Waals surface area contributed by atoms with Crippen molar-refractivity contribution in [3.63, 3.8) is 0 Å². The van der Waals surface area contributed by atoms with Crippen molar-refractivity contribution in [2.75, 3.05) is 29.0 Å². The van der Waals surface area contributed by atoms with Gasteiger partial charge in [0.15, 0.2) is 0 Å². The van der Waals surface area contributed by atoms with Gasteiger partial charge in [0.05, 0.1) is 0 Å². The maximum atomic E-state index is 11.1. The van der Waals surface area contributed by atoms with E-state index in [2.05, 4.69) is 29.5 Å². The van der Waals surface area contributed by atoms with Crippen LogP contribution in [0.4, 0.5) is 11.4 Å². The highest BCUT2D eigenvalue weighted by atomic mass is 32.2. The number of benzene rings is 1. The number of hydrogen-bond acceptors (Lipinski definition) is 2. The molecule has 3 nitrogen and oxygen atoms in total. The lowest BCUT2D eigenvalue weighted by atomic mass is 10.2. The first-order valence-electron chi connectivity index (χ1n) is 5.62. The number of nitrogens with one attached hydrogen (secondary N) is 1. The predicted molar refractivity (Wildman–Crippen MR) is 72.3 cm³/mol. The molecule has 1 rings (SSSR count). The van der Waals surface area contributed by atoms with Gasteiger partial charge in [-0.15, -0.1) is 0 Å². The average Bonchev–Trinajstić information content (AvgIpc) is 2.25. The van der Waals surface area contributed by atoms with E-state index in [0.29, 0.717) is 0 Å². The molecule has 0 bridgehead atoms. The Labute approximate surface area is 100 Å². The van der Waals surface area contributed by atoms with Gasteiger partial charge in [-0.25, -0.2) is 4.21 Å².